The average molecular weight is 229 g/mol. The zero-order valence-electron chi connectivity index (χ0n) is 8.64. The van der Waals surface area contributed by atoms with Gasteiger partial charge in [0.1, 0.15) is 0 Å². The van der Waals surface area contributed by atoms with E-state index in [2.05, 4.69) is 0 Å². The number of nitrogens with zero attached hydrogens (tertiary/aromatic N) is 1. The third-order valence-electron chi connectivity index (χ3n) is 1.98. The number of amides is 1. The molecule has 84 valence electrons. The van der Waals surface area contributed by atoms with Crippen molar-refractivity contribution in [2.75, 3.05) is 26.3 Å². The molecule has 0 atom stereocenters. The summed E-state index contributed by atoms with van der Waals surface area (Å²) < 4.78 is 0. The first-order valence-electron chi connectivity index (χ1n) is 4.76. The Kier molecular flexibility index (Phi) is 4.74. The van der Waals surface area contributed by atoms with Crippen molar-refractivity contribution >= 4 is 17.2 Å². The van der Waals surface area contributed by atoms with Gasteiger partial charge in [0.05, 0.1) is 18.1 Å². The standard InChI is InChI=1S/C10H15NO3S/c1-8-2-3-9(15-8)10(14)11(4-6-12)5-7-13/h2-3,12-13H,4-7H2,1H3. The van der Waals surface area contributed by atoms with Crippen molar-refractivity contribution in [3.05, 3.63) is 21.9 Å². The van der Waals surface area contributed by atoms with Gasteiger partial charge < -0.3 is 15.1 Å². The number of aliphatic hydroxyl groups excluding tert-OH is 2. The lowest BCUT2D eigenvalue weighted by Gasteiger charge is -2.19. The zero-order valence-corrected chi connectivity index (χ0v) is 9.46. The summed E-state index contributed by atoms with van der Waals surface area (Å²) in [6.07, 6.45) is 0. The summed E-state index contributed by atoms with van der Waals surface area (Å²) in [5, 5.41) is 17.6. The molecule has 0 aliphatic heterocycles. The molecule has 0 spiro atoms. The van der Waals surface area contributed by atoms with Crippen LogP contribution in [0.25, 0.3) is 0 Å². The Morgan fingerprint density at radius 3 is 2.33 bits per heavy atom. The Labute approximate surface area is 92.8 Å². The van der Waals surface area contributed by atoms with E-state index in [0.717, 1.165) is 4.88 Å². The van der Waals surface area contributed by atoms with E-state index in [9.17, 15) is 4.79 Å². The highest BCUT2D eigenvalue weighted by atomic mass is 32.1. The van der Waals surface area contributed by atoms with Gasteiger partial charge in [-0.3, -0.25) is 4.79 Å². The molecule has 0 bridgehead atoms. The average Bonchev–Trinajstić information content (AvgIpc) is 2.63. The molecule has 1 amide bonds. The van der Waals surface area contributed by atoms with Gasteiger partial charge in [-0.25, -0.2) is 0 Å². The van der Waals surface area contributed by atoms with Crippen LogP contribution in [0.5, 0.6) is 0 Å². The Bertz CT molecular complexity index is 318. The van der Waals surface area contributed by atoms with Crippen LogP contribution in [0.15, 0.2) is 12.1 Å². The van der Waals surface area contributed by atoms with Crippen molar-refractivity contribution in [1.29, 1.82) is 0 Å². The number of aryl methyl sites for hydroxylation is 1. The van der Waals surface area contributed by atoms with E-state index in [1.807, 2.05) is 13.0 Å². The zero-order chi connectivity index (χ0) is 11.3. The quantitative estimate of drug-likeness (QED) is 0.772. The molecule has 0 saturated carbocycles. The second kappa shape index (κ2) is 5.85. The van der Waals surface area contributed by atoms with Gasteiger partial charge in [-0.1, -0.05) is 0 Å². The molecule has 1 heterocycles. The van der Waals surface area contributed by atoms with Crippen LogP contribution in [0.3, 0.4) is 0 Å². The summed E-state index contributed by atoms with van der Waals surface area (Å²) in [5.41, 5.74) is 0. The van der Waals surface area contributed by atoms with Crippen molar-refractivity contribution in [2.24, 2.45) is 0 Å². The first-order chi connectivity index (χ1) is 7.19. The number of rotatable bonds is 5. The number of carbonyl (C=O) groups is 1. The molecule has 1 aromatic rings. The highest BCUT2D eigenvalue weighted by Crippen LogP contribution is 2.16. The van der Waals surface area contributed by atoms with Crippen molar-refractivity contribution in [3.63, 3.8) is 0 Å². The maximum absolute atomic E-state index is 11.9. The molecule has 4 nitrogen and oxygen atoms in total. The first kappa shape index (κ1) is 12.2. The molecular weight excluding hydrogens is 214 g/mol. The highest BCUT2D eigenvalue weighted by Gasteiger charge is 2.15. The summed E-state index contributed by atoms with van der Waals surface area (Å²) in [7, 11) is 0. The maximum atomic E-state index is 11.9. The normalized spacial score (nSPS) is 10.3. The van der Waals surface area contributed by atoms with Gasteiger partial charge in [-0.2, -0.15) is 0 Å². The molecular formula is C10H15NO3S. The van der Waals surface area contributed by atoms with E-state index < -0.39 is 0 Å². The van der Waals surface area contributed by atoms with Crippen LogP contribution in [-0.4, -0.2) is 47.3 Å². The SMILES string of the molecule is Cc1ccc(C(=O)N(CCO)CCO)s1. The van der Waals surface area contributed by atoms with Crippen LogP contribution in [0.1, 0.15) is 14.5 Å². The first-order valence-corrected chi connectivity index (χ1v) is 5.58. The Balaban J connectivity index is 2.71. The summed E-state index contributed by atoms with van der Waals surface area (Å²) in [6, 6.07) is 3.65. The predicted octanol–water partition coefficient (Wildman–Crippen LogP) is 0.483. The molecule has 0 unspecified atom stereocenters. The van der Waals surface area contributed by atoms with Crippen molar-refractivity contribution in [3.8, 4) is 0 Å². The lowest BCUT2D eigenvalue weighted by atomic mass is 10.3. The van der Waals surface area contributed by atoms with Gasteiger partial charge in [-0.05, 0) is 19.1 Å². The number of hydrogen-bond donors (Lipinski definition) is 2. The molecule has 0 aromatic carbocycles. The third-order valence-corrected chi connectivity index (χ3v) is 2.97. The van der Waals surface area contributed by atoms with E-state index >= 15 is 0 Å². The summed E-state index contributed by atoms with van der Waals surface area (Å²) in [6.45, 7) is 2.28. The molecule has 2 N–H and O–H groups in total. The molecule has 5 heteroatoms. The van der Waals surface area contributed by atoms with Crippen LogP contribution in [0, 0.1) is 6.92 Å². The Morgan fingerprint density at radius 2 is 1.93 bits per heavy atom. The van der Waals surface area contributed by atoms with E-state index in [4.69, 9.17) is 10.2 Å². The largest absolute Gasteiger partial charge is 0.395 e. The Hall–Kier alpha value is -0.910. The van der Waals surface area contributed by atoms with E-state index in [0.29, 0.717) is 4.88 Å². The molecule has 0 aliphatic carbocycles. The molecule has 0 aliphatic rings. The van der Waals surface area contributed by atoms with E-state index in [-0.39, 0.29) is 32.2 Å². The fourth-order valence-corrected chi connectivity index (χ4v) is 2.10. The van der Waals surface area contributed by atoms with E-state index in [1.165, 1.54) is 16.2 Å². The summed E-state index contributed by atoms with van der Waals surface area (Å²) in [4.78, 5) is 15.0. The number of aliphatic hydroxyl groups is 2. The number of carbonyl (C=O) groups excluding carboxylic acids is 1. The molecule has 1 aromatic heterocycles. The molecule has 0 radical (unpaired) electrons. The van der Waals surface area contributed by atoms with Crippen LogP contribution < -0.4 is 0 Å². The second-order valence-corrected chi connectivity index (χ2v) is 4.44. The predicted molar refractivity (Wildman–Crippen MR) is 59.1 cm³/mol. The van der Waals surface area contributed by atoms with Gasteiger partial charge in [0.15, 0.2) is 0 Å². The monoisotopic (exact) mass is 229 g/mol. The van der Waals surface area contributed by atoms with Crippen LogP contribution in [-0.2, 0) is 0 Å². The minimum atomic E-state index is -0.129. The van der Waals surface area contributed by atoms with Gasteiger partial charge in [0, 0.05) is 18.0 Å². The van der Waals surface area contributed by atoms with Crippen molar-refractivity contribution in [1.82, 2.24) is 4.90 Å². The smallest absolute Gasteiger partial charge is 0.264 e. The van der Waals surface area contributed by atoms with Gasteiger partial charge in [0.25, 0.3) is 5.91 Å². The van der Waals surface area contributed by atoms with Gasteiger partial charge in [0.2, 0.25) is 0 Å². The number of hydrogen-bond acceptors (Lipinski definition) is 4. The van der Waals surface area contributed by atoms with Crippen molar-refractivity contribution < 1.29 is 15.0 Å². The molecule has 0 saturated heterocycles. The lowest BCUT2D eigenvalue weighted by molar-refractivity contribution is 0.0689. The molecule has 0 fully saturated rings. The molecule has 1 rings (SSSR count). The van der Waals surface area contributed by atoms with Crippen LogP contribution >= 0.6 is 11.3 Å². The number of thiophene rings is 1. The fourth-order valence-electron chi connectivity index (χ4n) is 1.26. The summed E-state index contributed by atoms with van der Waals surface area (Å²) >= 11 is 1.42. The van der Waals surface area contributed by atoms with Crippen LogP contribution in [0.4, 0.5) is 0 Å². The third kappa shape index (κ3) is 3.30. The maximum Gasteiger partial charge on any atom is 0.264 e. The van der Waals surface area contributed by atoms with Gasteiger partial charge >= 0.3 is 0 Å². The minimum Gasteiger partial charge on any atom is -0.395 e. The summed E-state index contributed by atoms with van der Waals surface area (Å²) in [5.74, 6) is -0.129. The topological polar surface area (TPSA) is 60.8 Å². The Morgan fingerprint density at radius 1 is 1.33 bits per heavy atom. The van der Waals surface area contributed by atoms with Gasteiger partial charge in [-0.15, -0.1) is 11.3 Å². The second-order valence-electron chi connectivity index (χ2n) is 3.15. The van der Waals surface area contributed by atoms with E-state index in [1.54, 1.807) is 6.07 Å². The van der Waals surface area contributed by atoms with Crippen molar-refractivity contribution in [2.45, 2.75) is 6.92 Å². The highest BCUT2D eigenvalue weighted by molar-refractivity contribution is 7.13. The lowest BCUT2D eigenvalue weighted by Crippen LogP contribution is -2.35. The minimum absolute atomic E-state index is 0.0872. The van der Waals surface area contributed by atoms with Crippen LogP contribution in [0.2, 0.25) is 0 Å². The molecule has 15 heavy (non-hydrogen) atoms. The fraction of sp³-hybridized carbons (Fsp3) is 0.500.